The Morgan fingerprint density at radius 1 is 1.03 bits per heavy atom. The minimum Gasteiger partial charge on any atom is -0.489 e. The van der Waals surface area contributed by atoms with Gasteiger partial charge in [-0.2, -0.15) is 13.2 Å². The fourth-order valence-electron chi connectivity index (χ4n) is 4.29. The van der Waals surface area contributed by atoms with E-state index in [9.17, 15) is 18.3 Å². The summed E-state index contributed by atoms with van der Waals surface area (Å²) in [6, 6.07) is 22.4. The Bertz CT molecular complexity index is 1110. The van der Waals surface area contributed by atoms with Crippen LogP contribution < -0.4 is 4.74 Å². The Morgan fingerprint density at radius 3 is 2.21 bits per heavy atom. The van der Waals surface area contributed by atoms with Gasteiger partial charge in [-0.3, -0.25) is 4.90 Å². The van der Waals surface area contributed by atoms with E-state index < -0.39 is 17.3 Å². The zero-order valence-corrected chi connectivity index (χ0v) is 18.3. The fraction of sp³-hybridized carbons (Fsp3) is 0.259. The molecule has 1 unspecified atom stereocenters. The van der Waals surface area contributed by atoms with Gasteiger partial charge >= 0.3 is 6.18 Å². The van der Waals surface area contributed by atoms with Gasteiger partial charge in [-0.05, 0) is 41.8 Å². The molecule has 1 heterocycles. The lowest BCUT2D eigenvalue weighted by molar-refractivity contribution is -0.138. The number of alkyl halides is 3. The lowest BCUT2D eigenvalue weighted by atomic mass is 9.82. The Hall–Kier alpha value is -3.09. The minimum absolute atomic E-state index is 0.0788. The predicted molar refractivity (Wildman–Crippen MR) is 122 cm³/mol. The third-order valence-corrected chi connectivity index (χ3v) is 5.90. The number of β-amino-alcohol motifs (C(OH)–C–C–N with tert-alkyl or cyclic N) is 1. The molecule has 3 aromatic rings. The maximum absolute atomic E-state index is 13.6. The molecule has 3 aromatic carbocycles. The van der Waals surface area contributed by atoms with E-state index in [2.05, 4.69) is 6.58 Å². The quantitative estimate of drug-likeness (QED) is 0.439. The average molecular weight is 454 g/mol. The first-order chi connectivity index (χ1) is 15.7. The lowest BCUT2D eigenvalue weighted by Crippen LogP contribution is -2.60. The summed E-state index contributed by atoms with van der Waals surface area (Å²) in [4.78, 5) is 2.02. The van der Waals surface area contributed by atoms with Crippen molar-refractivity contribution in [1.82, 2.24) is 4.90 Å². The molecule has 0 radical (unpaired) electrons. The summed E-state index contributed by atoms with van der Waals surface area (Å²) in [5, 5.41) is 11.2. The zero-order chi connectivity index (χ0) is 23.6. The highest BCUT2D eigenvalue weighted by molar-refractivity contribution is 5.41. The number of halogens is 3. The first-order valence-electron chi connectivity index (χ1n) is 10.7. The van der Waals surface area contributed by atoms with E-state index in [0.29, 0.717) is 0 Å². The van der Waals surface area contributed by atoms with Crippen molar-refractivity contribution in [3.05, 3.63) is 113 Å². The molecule has 0 saturated carbocycles. The lowest BCUT2D eigenvalue weighted by Gasteiger charge is -2.51. The SMILES string of the molecule is C=C(C)C(c1ccccc1)N1CC(O)(c2cc(OCc3ccccc3)cc(C(F)(F)F)c2)C1. The summed E-state index contributed by atoms with van der Waals surface area (Å²) in [5.74, 6) is 0.0788. The highest BCUT2D eigenvalue weighted by Gasteiger charge is 2.47. The third-order valence-electron chi connectivity index (χ3n) is 5.90. The predicted octanol–water partition coefficient (Wildman–Crippen LogP) is 6.11. The first-order valence-corrected chi connectivity index (χ1v) is 10.7. The van der Waals surface area contributed by atoms with Crippen molar-refractivity contribution in [3.63, 3.8) is 0 Å². The molecule has 1 aliphatic heterocycles. The number of likely N-dealkylation sites (tertiary alicyclic amines) is 1. The molecule has 6 heteroatoms. The van der Waals surface area contributed by atoms with Gasteiger partial charge in [-0.15, -0.1) is 0 Å². The number of hydrogen-bond acceptors (Lipinski definition) is 3. The molecule has 0 bridgehead atoms. The van der Waals surface area contributed by atoms with Crippen LogP contribution in [0.1, 0.15) is 35.2 Å². The van der Waals surface area contributed by atoms with Crippen LogP contribution in [0.2, 0.25) is 0 Å². The van der Waals surface area contributed by atoms with Gasteiger partial charge in [0.05, 0.1) is 11.6 Å². The summed E-state index contributed by atoms with van der Waals surface area (Å²) < 4.78 is 46.5. The largest absolute Gasteiger partial charge is 0.489 e. The van der Waals surface area contributed by atoms with E-state index in [1.807, 2.05) is 72.5 Å². The molecule has 4 rings (SSSR count). The average Bonchev–Trinajstić information content (AvgIpc) is 2.77. The van der Waals surface area contributed by atoms with Gasteiger partial charge in [0, 0.05) is 13.1 Å². The number of rotatable bonds is 7. The van der Waals surface area contributed by atoms with Crippen molar-refractivity contribution in [3.8, 4) is 5.75 Å². The van der Waals surface area contributed by atoms with Crippen LogP contribution in [-0.2, 0) is 18.4 Å². The molecule has 0 aromatic heterocycles. The van der Waals surface area contributed by atoms with Gasteiger partial charge in [0.1, 0.15) is 18.0 Å². The van der Waals surface area contributed by atoms with Gasteiger partial charge in [0.15, 0.2) is 0 Å². The van der Waals surface area contributed by atoms with Gasteiger partial charge in [-0.1, -0.05) is 72.8 Å². The second-order valence-corrected chi connectivity index (χ2v) is 8.61. The molecule has 1 fully saturated rings. The molecule has 1 aliphatic rings. The standard InChI is InChI=1S/C27H26F3NO2/c1-19(2)25(21-11-7-4-8-12-21)31-17-26(32,18-31)22-13-23(27(28,29)30)15-24(14-22)33-16-20-9-5-3-6-10-20/h3-15,25,32H,1,16-18H2,2H3. The van der Waals surface area contributed by atoms with Crippen LogP contribution >= 0.6 is 0 Å². The fourth-order valence-corrected chi connectivity index (χ4v) is 4.29. The van der Waals surface area contributed by atoms with Crippen LogP contribution in [0.25, 0.3) is 0 Å². The Labute approximate surface area is 191 Å². The van der Waals surface area contributed by atoms with Crippen molar-refractivity contribution < 1.29 is 23.0 Å². The van der Waals surface area contributed by atoms with Gasteiger partial charge < -0.3 is 9.84 Å². The minimum atomic E-state index is -4.55. The van der Waals surface area contributed by atoms with Crippen molar-refractivity contribution in [1.29, 1.82) is 0 Å². The molecule has 172 valence electrons. The maximum Gasteiger partial charge on any atom is 0.416 e. The molecule has 1 atom stereocenters. The highest BCUT2D eigenvalue weighted by Crippen LogP contribution is 2.43. The summed E-state index contributed by atoms with van der Waals surface area (Å²) in [6.45, 7) is 6.51. The van der Waals surface area contributed by atoms with Crippen LogP contribution in [0.15, 0.2) is 91.0 Å². The summed E-state index contributed by atoms with van der Waals surface area (Å²) in [6.07, 6.45) is -4.55. The molecule has 1 N–H and O–H groups in total. The van der Waals surface area contributed by atoms with E-state index in [4.69, 9.17) is 4.74 Å². The molecule has 3 nitrogen and oxygen atoms in total. The van der Waals surface area contributed by atoms with Crippen molar-refractivity contribution >= 4 is 0 Å². The molecule has 0 amide bonds. The number of nitrogens with zero attached hydrogens (tertiary/aromatic N) is 1. The van der Waals surface area contributed by atoms with Crippen LogP contribution in [0.4, 0.5) is 13.2 Å². The van der Waals surface area contributed by atoms with Crippen LogP contribution in [0, 0.1) is 0 Å². The monoisotopic (exact) mass is 453 g/mol. The summed E-state index contributed by atoms with van der Waals surface area (Å²) in [5.41, 5.74) is 0.730. The van der Waals surface area contributed by atoms with E-state index >= 15 is 0 Å². The van der Waals surface area contributed by atoms with Crippen molar-refractivity contribution in [2.75, 3.05) is 13.1 Å². The normalized spacial score (nSPS) is 16.6. The molecule has 0 spiro atoms. The second kappa shape index (κ2) is 9.04. The third kappa shape index (κ3) is 5.13. The Morgan fingerprint density at radius 2 is 1.64 bits per heavy atom. The van der Waals surface area contributed by atoms with Gasteiger partial charge in [0.25, 0.3) is 0 Å². The smallest absolute Gasteiger partial charge is 0.416 e. The molecule has 33 heavy (non-hydrogen) atoms. The van der Waals surface area contributed by atoms with Gasteiger partial charge in [0.2, 0.25) is 0 Å². The zero-order valence-electron chi connectivity index (χ0n) is 18.3. The Kier molecular flexibility index (Phi) is 6.32. The molecular formula is C27H26F3NO2. The number of hydrogen-bond donors (Lipinski definition) is 1. The highest BCUT2D eigenvalue weighted by atomic mass is 19.4. The topological polar surface area (TPSA) is 32.7 Å². The van der Waals surface area contributed by atoms with E-state index in [-0.39, 0.29) is 37.1 Å². The van der Waals surface area contributed by atoms with E-state index in [0.717, 1.165) is 28.8 Å². The number of aliphatic hydroxyl groups is 1. The van der Waals surface area contributed by atoms with Crippen LogP contribution in [-0.4, -0.2) is 23.1 Å². The van der Waals surface area contributed by atoms with Crippen molar-refractivity contribution in [2.24, 2.45) is 0 Å². The molecule has 1 saturated heterocycles. The van der Waals surface area contributed by atoms with Gasteiger partial charge in [-0.25, -0.2) is 0 Å². The second-order valence-electron chi connectivity index (χ2n) is 8.61. The molecular weight excluding hydrogens is 427 g/mol. The summed E-state index contributed by atoms with van der Waals surface area (Å²) in [7, 11) is 0. The summed E-state index contributed by atoms with van der Waals surface area (Å²) >= 11 is 0. The van der Waals surface area contributed by atoms with Crippen molar-refractivity contribution in [2.45, 2.75) is 31.3 Å². The maximum atomic E-state index is 13.6. The number of benzene rings is 3. The Balaban J connectivity index is 1.58. The van der Waals surface area contributed by atoms with Crippen LogP contribution in [0.3, 0.4) is 0 Å². The van der Waals surface area contributed by atoms with E-state index in [1.165, 1.54) is 6.07 Å². The van der Waals surface area contributed by atoms with E-state index in [1.54, 1.807) is 0 Å². The number of ether oxygens (including phenoxy) is 1. The van der Waals surface area contributed by atoms with Crippen LogP contribution in [0.5, 0.6) is 5.75 Å². The first kappa shape index (κ1) is 23.1. The molecule has 0 aliphatic carbocycles.